The van der Waals surface area contributed by atoms with Crippen molar-refractivity contribution in [2.75, 3.05) is 0 Å². The van der Waals surface area contributed by atoms with Gasteiger partial charge in [0.1, 0.15) is 17.2 Å². The molecule has 0 aliphatic rings. The van der Waals surface area contributed by atoms with Crippen LogP contribution in [0.25, 0.3) is 0 Å². The van der Waals surface area contributed by atoms with Crippen LogP contribution in [0.2, 0.25) is 0 Å². The van der Waals surface area contributed by atoms with Crippen molar-refractivity contribution >= 4 is 5.69 Å². The Morgan fingerprint density at radius 1 is 1.04 bits per heavy atom. The molecule has 3 rings (SSSR count). The number of nitro groups is 1. The summed E-state index contributed by atoms with van der Waals surface area (Å²) in [6.45, 7) is 3.94. The zero-order chi connectivity index (χ0) is 19.4. The third-order valence-electron chi connectivity index (χ3n) is 4.52. The molecule has 0 aliphatic carbocycles. The molecule has 27 heavy (non-hydrogen) atoms. The lowest BCUT2D eigenvalue weighted by molar-refractivity contribution is -0.384. The average molecular weight is 363 g/mol. The minimum absolute atomic E-state index is 0.0539. The first kappa shape index (κ1) is 18.5. The fourth-order valence-electron chi connectivity index (χ4n) is 2.96. The Morgan fingerprint density at radius 2 is 1.70 bits per heavy atom. The summed E-state index contributed by atoms with van der Waals surface area (Å²) >= 11 is 0. The Bertz CT molecular complexity index is 934. The van der Waals surface area contributed by atoms with Crippen molar-refractivity contribution in [3.05, 3.63) is 93.5 Å². The molecule has 3 aromatic carbocycles. The molecule has 0 spiro atoms. The van der Waals surface area contributed by atoms with Crippen LogP contribution in [-0.4, -0.2) is 10.0 Å². The minimum atomic E-state index is -0.416. The van der Waals surface area contributed by atoms with Gasteiger partial charge in [-0.1, -0.05) is 31.2 Å². The van der Waals surface area contributed by atoms with Gasteiger partial charge in [0.25, 0.3) is 5.69 Å². The zero-order valence-corrected chi connectivity index (χ0v) is 15.3. The van der Waals surface area contributed by atoms with Crippen LogP contribution in [-0.2, 0) is 6.42 Å². The number of hydrogen-bond acceptors (Lipinski definition) is 4. The lowest BCUT2D eigenvalue weighted by Gasteiger charge is -2.14. The molecule has 0 aliphatic heterocycles. The molecule has 1 unspecified atom stereocenters. The van der Waals surface area contributed by atoms with E-state index in [1.54, 1.807) is 25.1 Å². The second kappa shape index (κ2) is 7.91. The van der Waals surface area contributed by atoms with E-state index in [0.29, 0.717) is 23.0 Å². The highest BCUT2D eigenvalue weighted by Crippen LogP contribution is 2.29. The first-order valence-electron chi connectivity index (χ1n) is 8.73. The van der Waals surface area contributed by atoms with Gasteiger partial charge in [-0.2, -0.15) is 0 Å². The Kier molecular flexibility index (Phi) is 5.41. The smallest absolute Gasteiger partial charge is 0.269 e. The number of phenolic OH excluding ortho intramolecular Hbond substituents is 1. The number of phenols is 1. The molecule has 0 radical (unpaired) electrons. The number of nitro benzene ring substituents is 1. The number of rotatable bonds is 6. The van der Waals surface area contributed by atoms with Crippen LogP contribution in [0.5, 0.6) is 17.2 Å². The summed E-state index contributed by atoms with van der Waals surface area (Å²) in [7, 11) is 0. The summed E-state index contributed by atoms with van der Waals surface area (Å²) in [4.78, 5) is 10.4. The Labute approximate surface area is 158 Å². The molecule has 1 atom stereocenters. The molecular formula is C22H21NO4. The molecule has 3 aromatic rings. The summed E-state index contributed by atoms with van der Waals surface area (Å²) in [5, 5.41) is 20.2. The largest absolute Gasteiger partial charge is 0.508 e. The van der Waals surface area contributed by atoms with Gasteiger partial charge in [-0.05, 0) is 66.3 Å². The molecule has 5 nitrogen and oxygen atoms in total. The molecule has 0 aromatic heterocycles. The summed E-state index contributed by atoms with van der Waals surface area (Å²) in [5.74, 6) is 1.89. The van der Waals surface area contributed by atoms with Crippen molar-refractivity contribution in [2.45, 2.75) is 26.2 Å². The Morgan fingerprint density at radius 3 is 2.30 bits per heavy atom. The highest BCUT2D eigenvalue weighted by molar-refractivity contribution is 5.45. The van der Waals surface area contributed by atoms with E-state index in [2.05, 4.69) is 6.92 Å². The van der Waals surface area contributed by atoms with Gasteiger partial charge in [-0.25, -0.2) is 0 Å². The Balaban J connectivity index is 1.68. The molecule has 1 N–H and O–H groups in total. The van der Waals surface area contributed by atoms with Crippen LogP contribution in [0, 0.1) is 17.0 Å². The van der Waals surface area contributed by atoms with Crippen LogP contribution in [0.4, 0.5) is 5.69 Å². The van der Waals surface area contributed by atoms with E-state index >= 15 is 0 Å². The summed E-state index contributed by atoms with van der Waals surface area (Å²) < 4.78 is 5.86. The third kappa shape index (κ3) is 4.64. The number of hydrogen-bond donors (Lipinski definition) is 1. The molecule has 0 heterocycles. The number of aryl methyl sites for hydroxylation is 1. The van der Waals surface area contributed by atoms with Crippen LogP contribution < -0.4 is 4.74 Å². The van der Waals surface area contributed by atoms with Gasteiger partial charge in [0.15, 0.2) is 0 Å². The SMILES string of the molecule is Cc1cc([N+](=O)[O-])ccc1Oc1ccc(C(C)Cc2ccc(O)cc2)cc1. The van der Waals surface area contributed by atoms with E-state index in [1.165, 1.54) is 23.3 Å². The first-order valence-corrected chi connectivity index (χ1v) is 8.73. The molecule has 0 bridgehead atoms. The fourth-order valence-corrected chi connectivity index (χ4v) is 2.96. The lowest BCUT2D eigenvalue weighted by Crippen LogP contribution is -1.98. The van der Waals surface area contributed by atoms with E-state index in [9.17, 15) is 15.2 Å². The summed E-state index contributed by atoms with van der Waals surface area (Å²) in [6.07, 6.45) is 0.877. The number of non-ortho nitro benzene ring substituents is 1. The third-order valence-corrected chi connectivity index (χ3v) is 4.52. The fraction of sp³-hybridized carbons (Fsp3) is 0.182. The second-order valence-electron chi connectivity index (χ2n) is 6.65. The van der Waals surface area contributed by atoms with E-state index in [-0.39, 0.29) is 11.4 Å². The van der Waals surface area contributed by atoms with Gasteiger partial charge in [-0.15, -0.1) is 0 Å². The quantitative estimate of drug-likeness (QED) is 0.447. The highest BCUT2D eigenvalue weighted by atomic mass is 16.6. The molecule has 0 amide bonds. The number of ether oxygens (including phenoxy) is 1. The molecule has 0 fully saturated rings. The van der Waals surface area contributed by atoms with Crippen molar-refractivity contribution in [1.29, 1.82) is 0 Å². The van der Waals surface area contributed by atoms with Gasteiger partial charge in [0.2, 0.25) is 0 Å². The molecule has 138 valence electrons. The summed E-state index contributed by atoms with van der Waals surface area (Å²) in [5.41, 5.74) is 3.13. The highest BCUT2D eigenvalue weighted by Gasteiger charge is 2.11. The summed E-state index contributed by atoms with van der Waals surface area (Å²) in [6, 6.07) is 19.7. The maximum Gasteiger partial charge on any atom is 0.269 e. The van der Waals surface area contributed by atoms with Crippen LogP contribution >= 0.6 is 0 Å². The van der Waals surface area contributed by atoms with Crippen LogP contribution in [0.3, 0.4) is 0 Å². The van der Waals surface area contributed by atoms with Gasteiger partial charge >= 0.3 is 0 Å². The van der Waals surface area contributed by atoms with Gasteiger partial charge in [-0.3, -0.25) is 10.1 Å². The molecule has 0 saturated heterocycles. The van der Waals surface area contributed by atoms with Crippen molar-refractivity contribution in [3.63, 3.8) is 0 Å². The van der Waals surface area contributed by atoms with E-state index in [1.807, 2.05) is 36.4 Å². The van der Waals surface area contributed by atoms with Crippen molar-refractivity contribution < 1.29 is 14.8 Å². The molecule has 0 saturated carbocycles. The molecule has 5 heteroatoms. The topological polar surface area (TPSA) is 72.6 Å². The van der Waals surface area contributed by atoms with Gasteiger partial charge in [0, 0.05) is 12.1 Å². The van der Waals surface area contributed by atoms with Gasteiger partial charge in [0.05, 0.1) is 4.92 Å². The number of aromatic hydroxyl groups is 1. The van der Waals surface area contributed by atoms with Crippen molar-refractivity contribution in [3.8, 4) is 17.2 Å². The maximum atomic E-state index is 10.8. The van der Waals surface area contributed by atoms with Crippen LogP contribution in [0.1, 0.15) is 29.5 Å². The maximum absolute atomic E-state index is 10.8. The van der Waals surface area contributed by atoms with Crippen molar-refractivity contribution in [2.24, 2.45) is 0 Å². The number of benzene rings is 3. The molecular weight excluding hydrogens is 342 g/mol. The zero-order valence-electron chi connectivity index (χ0n) is 15.3. The Hall–Kier alpha value is -3.34. The van der Waals surface area contributed by atoms with E-state index in [0.717, 1.165) is 6.42 Å². The standard InChI is InChI=1S/C22H21NO4/c1-15(13-17-3-8-20(24)9-4-17)18-5-10-21(11-6-18)27-22-12-7-19(23(25)26)14-16(22)2/h3-12,14-15,24H,13H2,1-2H3. The van der Waals surface area contributed by atoms with E-state index < -0.39 is 4.92 Å². The van der Waals surface area contributed by atoms with Crippen molar-refractivity contribution in [1.82, 2.24) is 0 Å². The predicted octanol–water partition coefficient (Wildman–Crippen LogP) is 5.75. The monoisotopic (exact) mass is 363 g/mol. The average Bonchev–Trinajstić information content (AvgIpc) is 2.65. The second-order valence-corrected chi connectivity index (χ2v) is 6.65. The normalized spacial score (nSPS) is 11.8. The minimum Gasteiger partial charge on any atom is -0.508 e. The van der Waals surface area contributed by atoms with Gasteiger partial charge < -0.3 is 9.84 Å². The van der Waals surface area contributed by atoms with Crippen LogP contribution in [0.15, 0.2) is 66.7 Å². The lowest BCUT2D eigenvalue weighted by atomic mass is 9.94. The predicted molar refractivity (Wildman–Crippen MR) is 105 cm³/mol. The first-order chi connectivity index (χ1) is 12.9. The number of nitrogens with zero attached hydrogens (tertiary/aromatic N) is 1. The van der Waals surface area contributed by atoms with E-state index in [4.69, 9.17) is 4.74 Å².